The number of hydrogen-bond donors (Lipinski definition) is 2. The summed E-state index contributed by atoms with van der Waals surface area (Å²) >= 11 is 1.46. The molecule has 1 saturated heterocycles. The first-order valence-electron chi connectivity index (χ1n) is 23.2. The molecule has 0 bridgehead atoms. The van der Waals surface area contributed by atoms with Gasteiger partial charge < -0.3 is 44.1 Å². The number of ether oxygens (including phenoxy) is 5. The van der Waals surface area contributed by atoms with Crippen LogP contribution in [0.25, 0.3) is 0 Å². The molecule has 1 fully saturated rings. The number of nitrogens with zero attached hydrogens (tertiary/aromatic N) is 5. The first kappa shape index (κ1) is 55.2. The van der Waals surface area contributed by atoms with Gasteiger partial charge in [0.25, 0.3) is 11.8 Å². The van der Waals surface area contributed by atoms with Crippen LogP contribution >= 0.6 is 11.3 Å². The minimum Gasteiger partial charge on any atom is -0.379 e. The number of methoxy groups -OCH3 is 2. The van der Waals surface area contributed by atoms with Crippen molar-refractivity contribution >= 4 is 46.8 Å². The molecule has 3 heterocycles. The van der Waals surface area contributed by atoms with Gasteiger partial charge in [-0.05, 0) is 43.9 Å². The van der Waals surface area contributed by atoms with Crippen LogP contribution in [0.5, 0.6) is 0 Å². The molecule has 2 aliphatic heterocycles. The average molecular weight is 960 g/mol. The van der Waals surface area contributed by atoms with E-state index in [1.807, 2.05) is 51.9 Å². The van der Waals surface area contributed by atoms with E-state index in [0.29, 0.717) is 63.6 Å². The van der Waals surface area contributed by atoms with Gasteiger partial charge in [0.15, 0.2) is 0 Å². The van der Waals surface area contributed by atoms with E-state index in [2.05, 4.69) is 15.6 Å². The Kier molecular flexibility index (Phi) is 23.2. The van der Waals surface area contributed by atoms with Gasteiger partial charge in [-0.1, -0.05) is 53.2 Å². The Morgan fingerprint density at radius 3 is 2.06 bits per heavy atom. The molecule has 0 saturated carbocycles. The molecule has 2 aromatic rings. The number of fused-ring (bicyclic) bond motifs is 1. The van der Waals surface area contributed by atoms with Gasteiger partial charge in [-0.25, -0.2) is 4.98 Å². The van der Waals surface area contributed by atoms with Gasteiger partial charge in [-0.2, -0.15) is 0 Å². The quantitative estimate of drug-likeness (QED) is 0.0824. The molecule has 2 aliphatic rings. The summed E-state index contributed by atoms with van der Waals surface area (Å²) in [5.41, 5.74) is 0.630. The number of rotatable bonds is 31. The fraction of sp³-hybridized carbons (Fsp3) is 0.681. The molecule has 67 heavy (non-hydrogen) atoms. The number of aromatic nitrogens is 1. The zero-order chi connectivity index (χ0) is 49.0. The second-order valence-corrected chi connectivity index (χ2v) is 18.3. The normalized spacial score (nSPS) is 17.6. The van der Waals surface area contributed by atoms with Gasteiger partial charge in [0.2, 0.25) is 23.6 Å². The summed E-state index contributed by atoms with van der Waals surface area (Å²) < 4.78 is 28.7. The van der Waals surface area contributed by atoms with Gasteiger partial charge in [0, 0.05) is 45.9 Å². The highest BCUT2D eigenvalue weighted by molar-refractivity contribution is 7.09. The van der Waals surface area contributed by atoms with Crippen LogP contribution in [0.15, 0.2) is 35.8 Å². The molecule has 0 spiro atoms. The van der Waals surface area contributed by atoms with E-state index in [1.54, 1.807) is 61.5 Å². The number of likely N-dealkylation sites (tertiary alicyclic amines) is 1. The van der Waals surface area contributed by atoms with Crippen LogP contribution < -0.4 is 10.6 Å². The molecule has 1 aromatic carbocycles. The Labute approximate surface area is 399 Å². The van der Waals surface area contributed by atoms with Crippen LogP contribution in [0.1, 0.15) is 86.0 Å². The zero-order valence-electron chi connectivity index (χ0n) is 40.7. The Balaban J connectivity index is 1.16. The lowest BCUT2D eigenvalue weighted by atomic mass is 9.90. The number of carbonyl (C=O) groups is 6. The molecular weight excluding hydrogens is 887 g/mol. The smallest absolute Gasteiger partial charge is 0.285 e. The number of imide groups is 1. The third kappa shape index (κ3) is 15.6. The number of benzene rings is 1. The highest BCUT2D eigenvalue weighted by Gasteiger charge is 2.42. The summed E-state index contributed by atoms with van der Waals surface area (Å²) in [6.45, 7) is 12.6. The third-order valence-electron chi connectivity index (χ3n) is 12.5. The molecule has 6 amide bonds. The molecule has 2 N–H and O–H groups in total. The highest BCUT2D eigenvalue weighted by atomic mass is 32.1. The largest absolute Gasteiger partial charge is 0.379 e. The summed E-state index contributed by atoms with van der Waals surface area (Å²) in [6.07, 6.45) is 2.75. The Morgan fingerprint density at radius 1 is 0.866 bits per heavy atom. The van der Waals surface area contributed by atoms with Crippen molar-refractivity contribution in [2.75, 3.05) is 94.2 Å². The number of thiazole rings is 1. The lowest BCUT2D eigenvalue weighted by Crippen LogP contribution is -2.55. The molecule has 0 aliphatic carbocycles. The maximum absolute atomic E-state index is 14.1. The van der Waals surface area contributed by atoms with E-state index >= 15 is 0 Å². The monoisotopic (exact) mass is 960 g/mol. The summed E-state index contributed by atoms with van der Waals surface area (Å²) in [4.78, 5) is 94.2. The van der Waals surface area contributed by atoms with E-state index < -0.39 is 42.0 Å². The van der Waals surface area contributed by atoms with E-state index in [9.17, 15) is 28.8 Å². The van der Waals surface area contributed by atoms with Gasteiger partial charge in [0.1, 0.15) is 5.01 Å². The van der Waals surface area contributed by atoms with Crippen molar-refractivity contribution in [2.24, 2.45) is 17.8 Å². The highest BCUT2D eigenvalue weighted by Crippen LogP contribution is 2.29. The van der Waals surface area contributed by atoms with Gasteiger partial charge in [-0.15, -0.1) is 16.4 Å². The maximum atomic E-state index is 14.1. The van der Waals surface area contributed by atoms with Crippen molar-refractivity contribution in [3.8, 4) is 0 Å². The van der Waals surface area contributed by atoms with Crippen molar-refractivity contribution in [1.82, 2.24) is 35.4 Å². The van der Waals surface area contributed by atoms with E-state index in [1.165, 1.54) is 11.3 Å². The fourth-order valence-electron chi connectivity index (χ4n) is 8.75. The number of likely N-dealkylation sites (N-methyl/N-ethyl adjacent to an activating group) is 2. The SMILES string of the molecule is CCC(C)C(C(CC(=O)N1CCCC1C(OC)C(C)C(=O)NCc1nccs1)OC)N(C)C(=O)CNC(=O)C(C(C)C)N(C)CCOCCOCCOCCON1C(=O)c2ccccc2C1=O. The zero-order valence-corrected chi connectivity index (χ0v) is 41.5. The second kappa shape index (κ2) is 28.2. The minimum atomic E-state index is -0.630. The number of carbonyl (C=O) groups excluding carboxylic acids is 6. The number of nitrogens with one attached hydrogen (secondary N) is 2. The van der Waals surface area contributed by atoms with Gasteiger partial charge >= 0.3 is 0 Å². The molecule has 7 unspecified atom stereocenters. The molecule has 20 heteroatoms. The van der Waals surface area contributed by atoms with Crippen molar-refractivity contribution in [1.29, 1.82) is 0 Å². The minimum absolute atomic E-state index is 0.0248. The summed E-state index contributed by atoms with van der Waals surface area (Å²) in [5, 5.41) is 9.22. The van der Waals surface area contributed by atoms with Crippen molar-refractivity contribution in [2.45, 2.75) is 97.2 Å². The molecule has 0 radical (unpaired) electrons. The predicted molar refractivity (Wildman–Crippen MR) is 250 cm³/mol. The Hall–Kier alpha value is -4.41. The first-order valence-corrected chi connectivity index (χ1v) is 24.1. The van der Waals surface area contributed by atoms with Crippen molar-refractivity contribution < 1.29 is 57.3 Å². The molecule has 7 atom stereocenters. The van der Waals surface area contributed by atoms with Crippen LogP contribution in [0, 0.1) is 17.8 Å². The van der Waals surface area contributed by atoms with Gasteiger partial charge in [0.05, 0.1) is 113 Å². The predicted octanol–water partition coefficient (Wildman–Crippen LogP) is 3.03. The average Bonchev–Trinajstić information content (AvgIpc) is 4.08. The fourth-order valence-corrected chi connectivity index (χ4v) is 9.31. The van der Waals surface area contributed by atoms with E-state index in [4.69, 9.17) is 28.5 Å². The summed E-state index contributed by atoms with van der Waals surface area (Å²) in [5.74, 6) is -2.51. The molecule has 4 rings (SSSR count). The second-order valence-electron chi connectivity index (χ2n) is 17.3. The third-order valence-corrected chi connectivity index (χ3v) is 13.3. The number of hydroxylamine groups is 2. The maximum Gasteiger partial charge on any atom is 0.285 e. The van der Waals surface area contributed by atoms with E-state index in [0.717, 1.165) is 22.9 Å². The Morgan fingerprint density at radius 2 is 1.49 bits per heavy atom. The van der Waals surface area contributed by atoms with E-state index in [-0.39, 0.29) is 74.3 Å². The summed E-state index contributed by atoms with van der Waals surface area (Å²) in [6, 6.07) is 5.26. The van der Waals surface area contributed by atoms with Gasteiger partial charge in [-0.3, -0.25) is 38.5 Å². The first-order chi connectivity index (χ1) is 32.2. The summed E-state index contributed by atoms with van der Waals surface area (Å²) in [7, 11) is 6.64. The number of amides is 6. The topological polar surface area (TPSA) is 208 Å². The van der Waals surface area contributed by atoms with Crippen LogP contribution in [0.2, 0.25) is 0 Å². The van der Waals surface area contributed by atoms with Crippen molar-refractivity contribution in [3.05, 3.63) is 52.0 Å². The van der Waals surface area contributed by atoms with Crippen LogP contribution in [0.4, 0.5) is 0 Å². The van der Waals surface area contributed by atoms with Crippen molar-refractivity contribution in [3.63, 3.8) is 0 Å². The molecule has 1 aromatic heterocycles. The Bertz CT molecular complexity index is 1850. The lowest BCUT2D eigenvalue weighted by Gasteiger charge is -2.39. The number of hydrogen-bond acceptors (Lipinski definition) is 15. The molecule has 374 valence electrons. The lowest BCUT2D eigenvalue weighted by molar-refractivity contribution is -0.146. The van der Waals surface area contributed by atoms with Crippen LogP contribution in [-0.2, 0) is 54.2 Å². The standard InChI is InChI=1S/C47H73N7O12S/c1-10-32(4)42(37(61-8)28-39(55)53-18-13-16-36(53)43(62-9)33(5)44(57)49-29-38-48-17-27-67-38)52(7)40(56)30-50-45(58)41(31(2)3)51(6)19-20-63-21-22-64-23-24-65-25-26-66-54-46(59)34-14-11-12-15-35(34)47(54)60/h11-12,14-15,17,27,31-33,36-37,41-43H,10,13,16,18-26,28-30H2,1-9H3,(H,49,57)(H,50,58). The van der Waals surface area contributed by atoms with Crippen LogP contribution in [-0.4, -0.2) is 185 Å². The molecular formula is C47H73N7O12S. The van der Waals surface area contributed by atoms with Crippen LogP contribution in [0.3, 0.4) is 0 Å². The molecule has 19 nitrogen and oxygen atoms in total.